The van der Waals surface area contributed by atoms with E-state index in [4.69, 9.17) is 11.6 Å². The molecule has 1 N–H and O–H groups in total. The minimum atomic E-state index is -0.581. The number of carbonyl (C=O) groups is 2. The highest BCUT2D eigenvalue weighted by Crippen LogP contribution is 2.27. The van der Waals surface area contributed by atoms with E-state index in [1.807, 2.05) is 14.1 Å². The number of esters is 2. The van der Waals surface area contributed by atoms with Crippen LogP contribution in [0.3, 0.4) is 0 Å². The van der Waals surface area contributed by atoms with Crippen LogP contribution >= 0.6 is 11.6 Å². The van der Waals surface area contributed by atoms with Crippen LogP contribution in [0.25, 0.3) is 0 Å². The third kappa shape index (κ3) is 5.01. The maximum absolute atomic E-state index is 12.0. The molecule has 0 atom stereocenters. The first-order valence-corrected chi connectivity index (χ1v) is 10.6. The molecule has 9 nitrogen and oxygen atoms in total. The molecule has 0 unspecified atom stereocenters. The summed E-state index contributed by atoms with van der Waals surface area (Å²) in [5.74, 6) is -1.01. The summed E-state index contributed by atoms with van der Waals surface area (Å²) in [5.41, 5.74) is 3.77. The molecular weight excluding hydrogens is 436 g/mol. The van der Waals surface area contributed by atoms with E-state index in [1.54, 1.807) is 0 Å². The molecule has 2 aromatic rings. The van der Waals surface area contributed by atoms with Gasteiger partial charge in [-0.3, -0.25) is 9.78 Å². The van der Waals surface area contributed by atoms with Gasteiger partial charge in [0.25, 0.3) is 0 Å². The maximum atomic E-state index is 12.0. The van der Waals surface area contributed by atoms with Crippen molar-refractivity contribution in [3.05, 3.63) is 61.3 Å². The Balaban J connectivity index is 0.000000181. The Morgan fingerprint density at radius 2 is 1.59 bits per heavy atom. The number of likely N-dealkylation sites (N-methyl/N-ethyl adjacent to an activating group) is 2. The van der Waals surface area contributed by atoms with Crippen LogP contribution in [0, 0.1) is 0 Å². The lowest BCUT2D eigenvalue weighted by molar-refractivity contribution is 0.0590. The highest BCUT2D eigenvalue weighted by atomic mass is 35.5. The van der Waals surface area contributed by atoms with Gasteiger partial charge in [-0.15, -0.1) is 0 Å². The predicted molar refractivity (Wildman–Crippen MR) is 119 cm³/mol. The van der Waals surface area contributed by atoms with Crippen LogP contribution in [0.15, 0.2) is 17.2 Å². The van der Waals surface area contributed by atoms with E-state index < -0.39 is 11.9 Å². The molecule has 10 heteroatoms. The number of aromatic nitrogens is 2. The van der Waals surface area contributed by atoms with Gasteiger partial charge in [0.1, 0.15) is 5.56 Å². The number of carbonyl (C=O) groups excluding carboxylic acids is 2. The molecule has 2 aliphatic heterocycles. The fourth-order valence-corrected chi connectivity index (χ4v) is 4.11. The molecule has 2 aromatic heterocycles. The highest BCUT2D eigenvalue weighted by molar-refractivity contribution is 6.34. The van der Waals surface area contributed by atoms with Crippen LogP contribution in [-0.4, -0.2) is 73.1 Å². The van der Waals surface area contributed by atoms with E-state index >= 15 is 0 Å². The van der Waals surface area contributed by atoms with E-state index in [0.29, 0.717) is 29.1 Å². The lowest BCUT2D eigenvalue weighted by atomic mass is 10.0. The van der Waals surface area contributed by atoms with Gasteiger partial charge in [0.2, 0.25) is 0 Å². The van der Waals surface area contributed by atoms with Gasteiger partial charge < -0.3 is 24.3 Å². The summed E-state index contributed by atoms with van der Waals surface area (Å²) in [6.07, 6.45) is 4.42. The molecule has 172 valence electrons. The van der Waals surface area contributed by atoms with Crippen LogP contribution < -0.4 is 5.43 Å². The van der Waals surface area contributed by atoms with Crippen molar-refractivity contribution >= 4 is 23.5 Å². The Bertz CT molecular complexity index is 1080. The third-order valence-corrected chi connectivity index (χ3v) is 6.05. The molecule has 0 spiro atoms. The van der Waals surface area contributed by atoms with Crippen molar-refractivity contribution in [2.75, 3.05) is 41.4 Å². The van der Waals surface area contributed by atoms with E-state index in [-0.39, 0.29) is 11.0 Å². The monoisotopic (exact) mass is 462 g/mol. The summed E-state index contributed by atoms with van der Waals surface area (Å²) in [7, 11) is 6.64. The van der Waals surface area contributed by atoms with Crippen molar-refractivity contribution in [1.29, 1.82) is 0 Å². The third-order valence-electron chi connectivity index (χ3n) is 5.62. The fourth-order valence-electron chi connectivity index (χ4n) is 3.78. The summed E-state index contributed by atoms with van der Waals surface area (Å²) in [6.45, 7) is 3.25. The summed E-state index contributed by atoms with van der Waals surface area (Å²) in [4.78, 5) is 46.3. The van der Waals surface area contributed by atoms with Crippen LogP contribution in [0.4, 0.5) is 0 Å². The predicted octanol–water partition coefficient (Wildman–Crippen LogP) is 1.66. The lowest BCUT2D eigenvalue weighted by Crippen LogP contribution is -2.33. The first-order chi connectivity index (χ1) is 15.3. The van der Waals surface area contributed by atoms with Crippen LogP contribution in [0.2, 0.25) is 5.02 Å². The quantitative estimate of drug-likeness (QED) is 0.672. The Kier molecular flexibility index (Phi) is 7.65. The van der Waals surface area contributed by atoms with Gasteiger partial charge in [-0.05, 0) is 32.5 Å². The minimum absolute atomic E-state index is 0.0887. The Hall–Kier alpha value is -2.75. The average Bonchev–Trinajstić information content (AvgIpc) is 2.78. The number of H-pyrrole nitrogens is 1. The van der Waals surface area contributed by atoms with Crippen LogP contribution in [0.5, 0.6) is 0 Å². The lowest BCUT2D eigenvalue weighted by Gasteiger charge is -2.25. The number of pyridine rings is 2. The highest BCUT2D eigenvalue weighted by Gasteiger charge is 2.23. The van der Waals surface area contributed by atoms with Crippen molar-refractivity contribution in [3.63, 3.8) is 0 Å². The number of aromatic amines is 1. The maximum Gasteiger partial charge on any atom is 0.343 e. The van der Waals surface area contributed by atoms with Gasteiger partial charge in [0, 0.05) is 49.8 Å². The standard InChI is InChI=1S/C11H13ClN2O2.C11H14N2O3/c1-14-4-3-7-9(6-14)13-5-8(10(7)12)11(15)16-2;1-13-4-3-7-9(6-13)12-5-8(10(7)14)11(15)16-2/h5H,3-4,6H2,1-2H3;5H,3-4,6H2,1-2H3,(H,12,14). The van der Waals surface area contributed by atoms with E-state index in [0.717, 1.165) is 43.0 Å². The molecule has 32 heavy (non-hydrogen) atoms. The SMILES string of the molecule is COC(=O)c1c[nH]c2c(c1=O)CCN(C)C2.COC(=O)c1cnc2c(c1Cl)CCN(C)C2. The van der Waals surface area contributed by atoms with Crippen molar-refractivity contribution < 1.29 is 19.1 Å². The molecular formula is C22H27ClN4O5. The minimum Gasteiger partial charge on any atom is -0.465 e. The Morgan fingerprint density at radius 1 is 1.00 bits per heavy atom. The zero-order chi connectivity index (χ0) is 23.4. The van der Waals surface area contributed by atoms with E-state index in [1.165, 1.54) is 26.6 Å². The van der Waals surface area contributed by atoms with Crippen LogP contribution in [-0.2, 0) is 35.4 Å². The molecule has 0 saturated carbocycles. The topological polar surface area (TPSA) is 105 Å². The van der Waals surface area contributed by atoms with Crippen molar-refractivity contribution in [2.24, 2.45) is 0 Å². The average molecular weight is 463 g/mol. The zero-order valence-corrected chi connectivity index (χ0v) is 19.4. The molecule has 0 aliphatic carbocycles. The second kappa shape index (κ2) is 10.2. The molecule has 4 rings (SSSR count). The second-order valence-electron chi connectivity index (χ2n) is 7.86. The summed E-state index contributed by atoms with van der Waals surface area (Å²) in [5, 5.41) is 0.491. The number of hydrogen-bond donors (Lipinski definition) is 1. The largest absolute Gasteiger partial charge is 0.465 e. The van der Waals surface area contributed by atoms with Gasteiger partial charge in [-0.1, -0.05) is 11.6 Å². The van der Waals surface area contributed by atoms with Crippen molar-refractivity contribution in [3.8, 4) is 0 Å². The van der Waals surface area contributed by atoms with Gasteiger partial charge in [-0.2, -0.15) is 0 Å². The van der Waals surface area contributed by atoms with Crippen molar-refractivity contribution in [1.82, 2.24) is 19.8 Å². The number of nitrogens with zero attached hydrogens (tertiary/aromatic N) is 3. The Labute approximate surface area is 191 Å². The first-order valence-electron chi connectivity index (χ1n) is 10.2. The molecule has 4 heterocycles. The fraction of sp³-hybridized carbons (Fsp3) is 0.455. The normalized spacial score (nSPS) is 15.7. The molecule has 0 saturated heterocycles. The van der Waals surface area contributed by atoms with Gasteiger partial charge in [-0.25, -0.2) is 9.59 Å². The number of halogens is 1. The summed E-state index contributed by atoms with van der Waals surface area (Å²) in [6, 6.07) is 0. The van der Waals surface area contributed by atoms with E-state index in [2.05, 4.69) is 29.2 Å². The second-order valence-corrected chi connectivity index (χ2v) is 8.24. The smallest absolute Gasteiger partial charge is 0.343 e. The summed E-state index contributed by atoms with van der Waals surface area (Å²) >= 11 is 6.19. The van der Waals surface area contributed by atoms with E-state index in [9.17, 15) is 14.4 Å². The first kappa shape index (κ1) is 23.9. The molecule has 2 aliphatic rings. The van der Waals surface area contributed by atoms with Gasteiger partial charge >= 0.3 is 11.9 Å². The molecule has 0 amide bonds. The van der Waals surface area contributed by atoms with Gasteiger partial charge in [0.15, 0.2) is 5.43 Å². The summed E-state index contributed by atoms with van der Waals surface area (Å²) < 4.78 is 9.22. The molecule has 0 bridgehead atoms. The number of rotatable bonds is 2. The number of ether oxygens (including phenoxy) is 2. The molecule has 0 aromatic carbocycles. The number of fused-ring (bicyclic) bond motifs is 2. The van der Waals surface area contributed by atoms with Gasteiger partial charge in [0.05, 0.1) is 30.5 Å². The zero-order valence-electron chi connectivity index (χ0n) is 18.7. The molecule has 0 radical (unpaired) electrons. The van der Waals surface area contributed by atoms with Crippen molar-refractivity contribution in [2.45, 2.75) is 25.9 Å². The molecule has 0 fully saturated rings. The number of hydrogen-bond acceptors (Lipinski definition) is 8. The number of nitrogens with one attached hydrogen (secondary N) is 1. The number of methoxy groups -OCH3 is 2. The Morgan fingerprint density at radius 3 is 2.25 bits per heavy atom. The van der Waals surface area contributed by atoms with Crippen LogP contribution in [0.1, 0.15) is 43.2 Å².